The average Bonchev–Trinajstić information content (AvgIpc) is 3.56. The zero-order chi connectivity index (χ0) is 39.0. The molecule has 2 atom stereocenters. The second-order valence-electron chi connectivity index (χ2n) is 14.6. The van der Waals surface area contributed by atoms with Crippen LogP contribution in [0.2, 0.25) is 5.15 Å². The van der Waals surface area contributed by atoms with Crippen molar-refractivity contribution < 1.29 is 28.6 Å². The highest BCUT2D eigenvalue weighted by molar-refractivity contribution is 6.33. The minimum absolute atomic E-state index is 0.0178. The predicted octanol–water partition coefficient (Wildman–Crippen LogP) is 9.37. The summed E-state index contributed by atoms with van der Waals surface area (Å²) in [6, 6.07) is 8.38. The van der Waals surface area contributed by atoms with E-state index < -0.39 is 18.1 Å². The molecule has 2 heterocycles. The van der Waals surface area contributed by atoms with Gasteiger partial charge in [-0.05, 0) is 24.3 Å². The Morgan fingerprint density at radius 2 is 1.44 bits per heavy atom. The number of nitrogens with two attached hydrogens (primary N) is 1. The fraction of sp³-hybridized carbons (Fsp3) is 0.659. The number of unbranched alkanes of at least 4 members (excludes halogenated alkanes) is 14. The van der Waals surface area contributed by atoms with Gasteiger partial charge in [0.1, 0.15) is 18.2 Å². The van der Waals surface area contributed by atoms with Gasteiger partial charge in [-0.2, -0.15) is 9.97 Å². The van der Waals surface area contributed by atoms with Gasteiger partial charge in [0.05, 0.1) is 19.5 Å². The van der Waals surface area contributed by atoms with E-state index >= 15 is 0 Å². The van der Waals surface area contributed by atoms with Crippen molar-refractivity contribution >= 4 is 46.7 Å². The van der Waals surface area contributed by atoms with Crippen LogP contribution in [0, 0.1) is 11.8 Å². The molecular weight excluding hydrogens is 708 g/mol. The van der Waals surface area contributed by atoms with Crippen molar-refractivity contribution in [1.29, 1.82) is 0 Å². The Morgan fingerprint density at radius 3 is 2.06 bits per heavy atom. The number of imidazole rings is 1. The van der Waals surface area contributed by atoms with Gasteiger partial charge in [0.2, 0.25) is 5.95 Å². The number of halogens is 1. The largest absolute Gasteiger partial charge is 0.465 e. The number of carbonyl (C=O) groups excluding carboxylic acids is 3. The molecule has 0 aliphatic rings. The van der Waals surface area contributed by atoms with Crippen molar-refractivity contribution in [2.24, 2.45) is 11.8 Å². The van der Waals surface area contributed by atoms with E-state index in [-0.39, 0.29) is 48.7 Å². The number of anilines is 1. The number of amides is 1. The van der Waals surface area contributed by atoms with Gasteiger partial charge in [-0.15, -0.1) is 0 Å². The molecule has 0 aliphatic carbocycles. The number of ether oxygens (including phenoxy) is 3. The lowest BCUT2D eigenvalue weighted by Gasteiger charge is -2.22. The summed E-state index contributed by atoms with van der Waals surface area (Å²) in [7, 11) is 0. The van der Waals surface area contributed by atoms with E-state index in [0.717, 1.165) is 24.8 Å². The second kappa shape index (κ2) is 26.0. The minimum atomic E-state index is -0.904. The zero-order valence-electron chi connectivity index (χ0n) is 32.7. The van der Waals surface area contributed by atoms with Crippen molar-refractivity contribution in [3.63, 3.8) is 0 Å². The van der Waals surface area contributed by atoms with Crippen LogP contribution >= 0.6 is 11.6 Å². The molecular formula is C41H63ClN6O6. The molecule has 54 heavy (non-hydrogen) atoms. The fourth-order valence-corrected chi connectivity index (χ4v) is 6.51. The Labute approximate surface area is 326 Å². The van der Waals surface area contributed by atoms with Gasteiger partial charge in [-0.1, -0.05) is 153 Å². The quantitative estimate of drug-likeness (QED) is 0.0315. The lowest BCUT2D eigenvalue weighted by atomic mass is 10.0. The van der Waals surface area contributed by atoms with Gasteiger partial charge >= 0.3 is 18.0 Å². The topological polar surface area (TPSA) is 161 Å². The van der Waals surface area contributed by atoms with Gasteiger partial charge in [0, 0.05) is 18.9 Å². The molecule has 13 heteroatoms. The van der Waals surface area contributed by atoms with Crippen molar-refractivity contribution in [3.05, 3.63) is 47.4 Å². The molecule has 0 spiro atoms. The molecule has 3 N–H and O–H groups in total. The lowest BCUT2D eigenvalue weighted by Crippen LogP contribution is -2.45. The van der Waals surface area contributed by atoms with Crippen LogP contribution in [0.25, 0.3) is 11.2 Å². The number of aromatic nitrogens is 4. The van der Waals surface area contributed by atoms with Gasteiger partial charge < -0.3 is 29.8 Å². The summed E-state index contributed by atoms with van der Waals surface area (Å²) in [5.41, 5.74) is 7.54. The number of fused-ring (bicyclic) bond motifs is 1. The minimum Gasteiger partial charge on any atom is -0.465 e. The molecule has 1 aromatic carbocycles. The number of hydrogen-bond donors (Lipinski definition) is 2. The Balaban J connectivity index is 1.41. The summed E-state index contributed by atoms with van der Waals surface area (Å²) in [5.74, 6) is -1.31. The predicted molar refractivity (Wildman–Crippen MR) is 213 cm³/mol. The van der Waals surface area contributed by atoms with Crippen molar-refractivity contribution in [3.8, 4) is 0 Å². The molecule has 12 nitrogen and oxygen atoms in total. The van der Waals surface area contributed by atoms with E-state index in [0.29, 0.717) is 30.6 Å². The number of nitrogens with one attached hydrogen (secondary N) is 1. The first-order chi connectivity index (χ1) is 26.2. The molecule has 3 rings (SSSR count). The lowest BCUT2D eigenvalue weighted by molar-refractivity contribution is -0.149. The summed E-state index contributed by atoms with van der Waals surface area (Å²) in [4.78, 5) is 50.9. The standard InChI is InChI=1S/C41H63ClN6O6/c1-4-5-6-7-8-9-10-11-12-13-14-15-16-17-21-24-34(49)53-29-33(27-48-30-44-36-37(42)46-40(43)47-38(36)48)25-26-52-39(50)35(31(2)3)45-41(51)54-28-32-22-19-18-20-23-32/h18-20,22-23,30-31,33,35H,4-17,21,24-29H2,1-3H3,(H,45,51)(H2,43,46,47)/t33?,35-/m0/s1. The first-order valence-electron chi connectivity index (χ1n) is 20.1. The van der Waals surface area contributed by atoms with E-state index in [9.17, 15) is 14.4 Å². The molecule has 0 bridgehead atoms. The van der Waals surface area contributed by atoms with Crippen LogP contribution in [-0.2, 0) is 37.0 Å². The van der Waals surface area contributed by atoms with E-state index in [1.54, 1.807) is 10.9 Å². The number of carbonyl (C=O) groups is 3. The fourth-order valence-electron chi connectivity index (χ4n) is 6.29. The van der Waals surface area contributed by atoms with Crippen molar-refractivity contribution in [2.75, 3.05) is 18.9 Å². The zero-order valence-corrected chi connectivity index (χ0v) is 33.5. The molecule has 1 unspecified atom stereocenters. The van der Waals surface area contributed by atoms with E-state index in [1.165, 1.54) is 77.0 Å². The number of hydrogen-bond acceptors (Lipinski definition) is 10. The summed E-state index contributed by atoms with van der Waals surface area (Å²) >= 11 is 6.24. The summed E-state index contributed by atoms with van der Waals surface area (Å²) < 4.78 is 18.4. The van der Waals surface area contributed by atoms with Crippen molar-refractivity contribution in [2.45, 2.75) is 149 Å². The van der Waals surface area contributed by atoms with Crippen LogP contribution in [0.1, 0.15) is 135 Å². The van der Waals surface area contributed by atoms with Gasteiger partial charge in [-0.3, -0.25) is 4.79 Å². The first-order valence-corrected chi connectivity index (χ1v) is 20.5. The van der Waals surface area contributed by atoms with Crippen LogP contribution in [0.5, 0.6) is 0 Å². The Morgan fingerprint density at radius 1 is 0.833 bits per heavy atom. The van der Waals surface area contributed by atoms with Gasteiger partial charge in [0.25, 0.3) is 0 Å². The van der Waals surface area contributed by atoms with Gasteiger partial charge in [-0.25, -0.2) is 14.6 Å². The molecule has 0 saturated carbocycles. The van der Waals surface area contributed by atoms with Crippen LogP contribution in [0.4, 0.5) is 10.7 Å². The maximum Gasteiger partial charge on any atom is 0.408 e. The van der Waals surface area contributed by atoms with Crippen LogP contribution in [-0.4, -0.2) is 56.8 Å². The Kier molecular flexibility index (Phi) is 21.4. The smallest absolute Gasteiger partial charge is 0.408 e. The molecule has 0 fully saturated rings. The third-order valence-corrected chi connectivity index (χ3v) is 9.80. The highest BCUT2D eigenvalue weighted by Gasteiger charge is 2.27. The Hall–Kier alpha value is -3.93. The highest BCUT2D eigenvalue weighted by atomic mass is 35.5. The van der Waals surface area contributed by atoms with Gasteiger partial charge in [0.15, 0.2) is 10.8 Å². The first kappa shape index (κ1) is 44.5. The SMILES string of the molecule is CCCCCCCCCCCCCCCCCC(=O)OCC(CCOC(=O)[C@@H](NC(=O)OCc1ccccc1)C(C)C)Cn1cnc2c(Cl)nc(N)nc21. The maximum absolute atomic E-state index is 13.1. The molecule has 1 amide bonds. The number of alkyl carbamates (subject to hydrolysis) is 1. The normalized spacial score (nSPS) is 12.5. The Bertz CT molecular complexity index is 1520. The number of esters is 2. The number of rotatable bonds is 28. The van der Waals surface area contributed by atoms with E-state index in [2.05, 4.69) is 27.2 Å². The monoisotopic (exact) mass is 770 g/mol. The second-order valence-corrected chi connectivity index (χ2v) is 14.9. The van der Waals surface area contributed by atoms with Crippen LogP contribution in [0.3, 0.4) is 0 Å². The molecule has 2 aromatic heterocycles. The number of benzene rings is 1. The summed E-state index contributed by atoms with van der Waals surface area (Å²) in [5, 5.41) is 2.77. The molecule has 300 valence electrons. The third-order valence-electron chi connectivity index (χ3n) is 9.54. The molecule has 0 saturated heterocycles. The average molecular weight is 771 g/mol. The maximum atomic E-state index is 13.1. The third kappa shape index (κ3) is 17.5. The molecule has 0 radical (unpaired) electrons. The molecule has 0 aliphatic heterocycles. The van der Waals surface area contributed by atoms with Crippen LogP contribution < -0.4 is 11.1 Å². The highest BCUT2D eigenvalue weighted by Crippen LogP contribution is 2.22. The summed E-state index contributed by atoms with van der Waals surface area (Å²) in [6.45, 7) is 6.47. The van der Waals surface area contributed by atoms with Crippen LogP contribution in [0.15, 0.2) is 36.7 Å². The number of nitrogens with zero attached hydrogens (tertiary/aromatic N) is 4. The number of nitrogen functional groups attached to an aromatic ring is 1. The van der Waals surface area contributed by atoms with E-state index in [1.807, 2.05) is 44.2 Å². The van der Waals surface area contributed by atoms with E-state index in [4.69, 9.17) is 31.5 Å². The summed E-state index contributed by atoms with van der Waals surface area (Å²) in [6.07, 6.45) is 20.5. The molecule has 3 aromatic rings. The van der Waals surface area contributed by atoms with Crippen molar-refractivity contribution in [1.82, 2.24) is 24.8 Å².